The summed E-state index contributed by atoms with van der Waals surface area (Å²) in [6.45, 7) is 4.84. The number of nitrogens with zero attached hydrogens (tertiary/aromatic N) is 2. The Morgan fingerprint density at radius 3 is 2.50 bits per heavy atom. The summed E-state index contributed by atoms with van der Waals surface area (Å²) in [6, 6.07) is 5.77. The molecule has 2 amide bonds. The van der Waals surface area contributed by atoms with Crippen molar-refractivity contribution in [3.63, 3.8) is 0 Å². The second-order valence-electron chi connectivity index (χ2n) is 8.35. The number of fused-ring (bicyclic) bond motifs is 1. The first kappa shape index (κ1) is 24.9. The van der Waals surface area contributed by atoms with Crippen LogP contribution in [0, 0.1) is 17.2 Å². The molecule has 3 aliphatic rings. The van der Waals surface area contributed by atoms with Crippen molar-refractivity contribution in [2.45, 2.75) is 25.7 Å². The Hall–Kier alpha value is -1.41. The normalized spacial score (nSPS) is 26.2. The first-order chi connectivity index (χ1) is 13.6. The van der Waals surface area contributed by atoms with Crippen LogP contribution in [-0.4, -0.2) is 67.4 Å². The molecule has 2 heterocycles. The van der Waals surface area contributed by atoms with Crippen LogP contribution in [0.3, 0.4) is 0 Å². The molecule has 1 aromatic carbocycles. The average Bonchev–Trinajstić information content (AvgIpc) is 3.15. The molecule has 9 heteroatoms. The van der Waals surface area contributed by atoms with Gasteiger partial charge in [0, 0.05) is 38.4 Å². The Kier molecular flexibility index (Phi) is 8.91. The lowest BCUT2D eigenvalue weighted by Crippen LogP contribution is -2.56. The van der Waals surface area contributed by atoms with Gasteiger partial charge in [-0.3, -0.25) is 14.5 Å². The van der Waals surface area contributed by atoms with E-state index in [4.69, 9.17) is 0 Å². The Morgan fingerprint density at radius 1 is 1.10 bits per heavy atom. The molecule has 1 aliphatic carbocycles. The Morgan fingerprint density at radius 2 is 1.80 bits per heavy atom. The maximum Gasteiger partial charge on any atom is 0.238 e. The number of anilines is 1. The quantitative estimate of drug-likeness (QED) is 0.724. The third-order valence-electron chi connectivity index (χ3n) is 6.62. The van der Waals surface area contributed by atoms with Crippen LogP contribution in [0.1, 0.15) is 25.7 Å². The van der Waals surface area contributed by atoms with Crippen LogP contribution < -0.4 is 10.6 Å². The third-order valence-corrected chi connectivity index (χ3v) is 6.62. The third kappa shape index (κ3) is 5.25. The van der Waals surface area contributed by atoms with E-state index in [2.05, 4.69) is 15.5 Å². The van der Waals surface area contributed by atoms with Gasteiger partial charge in [0.15, 0.2) is 0 Å². The van der Waals surface area contributed by atoms with Gasteiger partial charge in [-0.2, -0.15) is 0 Å². The molecule has 1 saturated carbocycles. The molecule has 0 radical (unpaired) electrons. The number of carbonyl (C=O) groups is 2. The predicted octanol–water partition coefficient (Wildman–Crippen LogP) is 2.53. The van der Waals surface area contributed by atoms with Crippen LogP contribution in [0.25, 0.3) is 0 Å². The van der Waals surface area contributed by atoms with Crippen molar-refractivity contribution in [1.82, 2.24) is 15.1 Å². The summed E-state index contributed by atoms with van der Waals surface area (Å²) in [5, 5.41) is 6.25. The van der Waals surface area contributed by atoms with E-state index in [-0.39, 0.29) is 48.5 Å². The van der Waals surface area contributed by atoms with Gasteiger partial charge in [0.2, 0.25) is 11.8 Å². The van der Waals surface area contributed by atoms with E-state index >= 15 is 0 Å². The second kappa shape index (κ2) is 10.8. The van der Waals surface area contributed by atoms with Crippen molar-refractivity contribution in [2.75, 3.05) is 51.1 Å². The van der Waals surface area contributed by atoms with E-state index in [0.29, 0.717) is 43.7 Å². The van der Waals surface area contributed by atoms with Gasteiger partial charge < -0.3 is 15.5 Å². The predicted molar refractivity (Wildman–Crippen MR) is 120 cm³/mol. The van der Waals surface area contributed by atoms with E-state index in [1.165, 1.54) is 18.6 Å². The number of benzene rings is 1. The molecule has 0 bridgehead atoms. The number of carbonyl (C=O) groups excluding carboxylic acids is 2. The Bertz CT molecular complexity index is 728. The van der Waals surface area contributed by atoms with Crippen molar-refractivity contribution >= 4 is 42.3 Å². The number of hydrogen-bond acceptors (Lipinski definition) is 4. The molecule has 0 aromatic heterocycles. The van der Waals surface area contributed by atoms with Gasteiger partial charge in [-0.05, 0) is 49.6 Å². The molecule has 3 fully saturated rings. The molecular weight excluding hydrogens is 430 g/mol. The van der Waals surface area contributed by atoms with E-state index in [1.807, 2.05) is 4.90 Å². The van der Waals surface area contributed by atoms with Crippen LogP contribution >= 0.6 is 24.8 Å². The summed E-state index contributed by atoms with van der Waals surface area (Å²) >= 11 is 0. The number of piperazine rings is 1. The van der Waals surface area contributed by atoms with Crippen LogP contribution in [0.15, 0.2) is 24.3 Å². The van der Waals surface area contributed by atoms with Gasteiger partial charge in [-0.25, -0.2) is 4.39 Å². The van der Waals surface area contributed by atoms with Crippen molar-refractivity contribution in [3.8, 4) is 0 Å². The van der Waals surface area contributed by atoms with Gasteiger partial charge in [0.05, 0.1) is 12.0 Å². The zero-order valence-electron chi connectivity index (χ0n) is 17.1. The number of hydrogen-bond donors (Lipinski definition) is 2. The minimum atomic E-state index is -0.323. The number of rotatable bonds is 4. The lowest BCUT2D eigenvalue weighted by atomic mass is 9.67. The van der Waals surface area contributed by atoms with Crippen LogP contribution in [0.2, 0.25) is 0 Å². The first-order valence-electron chi connectivity index (χ1n) is 10.3. The minimum Gasteiger partial charge on any atom is -0.340 e. The second-order valence-corrected chi connectivity index (χ2v) is 8.35. The maximum absolute atomic E-state index is 13.3. The monoisotopic (exact) mass is 460 g/mol. The number of amides is 2. The molecule has 6 nitrogen and oxygen atoms in total. The highest BCUT2D eigenvalue weighted by Crippen LogP contribution is 2.45. The molecule has 168 valence electrons. The molecule has 2 atom stereocenters. The van der Waals surface area contributed by atoms with Crippen LogP contribution in [-0.2, 0) is 9.59 Å². The fourth-order valence-electron chi connectivity index (χ4n) is 5.03. The fourth-order valence-corrected chi connectivity index (χ4v) is 5.03. The average molecular weight is 461 g/mol. The Balaban J connectivity index is 0.00000160. The number of halogens is 3. The molecule has 0 spiro atoms. The SMILES string of the molecule is Cl.Cl.O=C(CN1CCN(C(=O)[C@@]23CCCC[C@H]2CNC3)CC1)Nc1ccc(F)cc1. The van der Waals surface area contributed by atoms with Gasteiger partial charge in [0.25, 0.3) is 0 Å². The highest BCUT2D eigenvalue weighted by molar-refractivity contribution is 5.92. The maximum atomic E-state index is 13.3. The molecular formula is C21H31Cl2FN4O2. The van der Waals surface area contributed by atoms with Gasteiger partial charge in [-0.1, -0.05) is 12.8 Å². The number of nitrogens with one attached hydrogen (secondary N) is 2. The van der Waals surface area contributed by atoms with E-state index in [1.54, 1.807) is 12.1 Å². The van der Waals surface area contributed by atoms with Crippen molar-refractivity contribution in [3.05, 3.63) is 30.1 Å². The van der Waals surface area contributed by atoms with Gasteiger partial charge in [0.1, 0.15) is 5.82 Å². The zero-order chi connectivity index (χ0) is 19.6. The summed E-state index contributed by atoms with van der Waals surface area (Å²) in [7, 11) is 0. The summed E-state index contributed by atoms with van der Waals surface area (Å²) in [4.78, 5) is 29.6. The first-order valence-corrected chi connectivity index (χ1v) is 10.3. The summed E-state index contributed by atoms with van der Waals surface area (Å²) in [5.41, 5.74) is 0.400. The van der Waals surface area contributed by atoms with Crippen molar-refractivity contribution in [2.24, 2.45) is 11.3 Å². The van der Waals surface area contributed by atoms with Crippen molar-refractivity contribution in [1.29, 1.82) is 0 Å². The summed E-state index contributed by atoms with van der Waals surface area (Å²) < 4.78 is 13.0. The molecule has 2 saturated heterocycles. The lowest BCUT2D eigenvalue weighted by Gasteiger charge is -2.43. The molecule has 0 unspecified atom stereocenters. The minimum absolute atomic E-state index is 0. The molecule has 30 heavy (non-hydrogen) atoms. The summed E-state index contributed by atoms with van der Waals surface area (Å²) in [5.74, 6) is 0.360. The van der Waals surface area contributed by atoms with Crippen molar-refractivity contribution < 1.29 is 14.0 Å². The van der Waals surface area contributed by atoms with Crippen LogP contribution in [0.5, 0.6) is 0 Å². The van der Waals surface area contributed by atoms with Crippen LogP contribution in [0.4, 0.5) is 10.1 Å². The largest absolute Gasteiger partial charge is 0.340 e. The van der Waals surface area contributed by atoms with Gasteiger partial charge in [-0.15, -0.1) is 24.8 Å². The highest BCUT2D eigenvalue weighted by atomic mass is 35.5. The standard InChI is InChI=1S/C21H29FN4O2.2ClH/c22-17-4-6-18(7-5-17)24-19(27)14-25-9-11-26(12-10-25)20(28)21-8-2-1-3-16(21)13-23-15-21;;/h4-7,16,23H,1-3,8-15H2,(H,24,27);2*1H/t16-,21+;;/m0../s1. The molecule has 4 rings (SSSR count). The summed E-state index contributed by atoms with van der Waals surface area (Å²) in [6.07, 6.45) is 4.54. The topological polar surface area (TPSA) is 64.7 Å². The van der Waals surface area contributed by atoms with E-state index in [0.717, 1.165) is 32.4 Å². The Labute approximate surface area is 189 Å². The smallest absolute Gasteiger partial charge is 0.238 e. The lowest BCUT2D eigenvalue weighted by molar-refractivity contribution is -0.147. The fraction of sp³-hybridized carbons (Fsp3) is 0.619. The zero-order valence-corrected chi connectivity index (χ0v) is 18.7. The van der Waals surface area contributed by atoms with E-state index < -0.39 is 0 Å². The molecule has 1 aromatic rings. The highest BCUT2D eigenvalue weighted by Gasteiger charge is 2.51. The molecule has 2 N–H and O–H groups in total. The van der Waals surface area contributed by atoms with E-state index in [9.17, 15) is 14.0 Å². The molecule has 2 aliphatic heterocycles. The van der Waals surface area contributed by atoms with Gasteiger partial charge >= 0.3 is 0 Å².